The van der Waals surface area contributed by atoms with Gasteiger partial charge >= 0.3 is 0 Å². The van der Waals surface area contributed by atoms with Crippen LogP contribution in [-0.4, -0.2) is 49.1 Å². The maximum absolute atomic E-state index is 4.28. The standard InChI is InChI=1S/C15H32N4/c1-12-7-9-19(10-8-12)13(2)11-17-14(16-6)18-15(3,4)5/h12-13H,7-11H2,1-6H3,(H2,16,17,18). The second kappa shape index (κ2) is 7.13. The van der Waals surface area contributed by atoms with E-state index >= 15 is 0 Å². The molecule has 0 aromatic carbocycles. The molecule has 0 aromatic rings. The highest BCUT2D eigenvalue weighted by atomic mass is 15.2. The molecule has 0 radical (unpaired) electrons. The monoisotopic (exact) mass is 268 g/mol. The van der Waals surface area contributed by atoms with Crippen molar-refractivity contribution in [1.82, 2.24) is 15.5 Å². The fourth-order valence-corrected chi connectivity index (χ4v) is 2.38. The molecule has 0 amide bonds. The highest BCUT2D eigenvalue weighted by Gasteiger charge is 2.20. The predicted molar refractivity (Wildman–Crippen MR) is 83.7 cm³/mol. The average molecular weight is 268 g/mol. The minimum atomic E-state index is 0.0473. The molecule has 1 rings (SSSR count). The summed E-state index contributed by atoms with van der Waals surface area (Å²) in [4.78, 5) is 6.86. The van der Waals surface area contributed by atoms with Gasteiger partial charge in [0.15, 0.2) is 5.96 Å². The summed E-state index contributed by atoms with van der Waals surface area (Å²) in [5.41, 5.74) is 0.0473. The zero-order valence-electron chi connectivity index (χ0n) is 13.6. The second-order valence-electron chi connectivity index (χ2n) is 6.90. The summed E-state index contributed by atoms with van der Waals surface area (Å²) < 4.78 is 0. The lowest BCUT2D eigenvalue weighted by Gasteiger charge is -2.35. The molecule has 0 spiro atoms. The van der Waals surface area contributed by atoms with Gasteiger partial charge in [-0.15, -0.1) is 0 Å². The second-order valence-corrected chi connectivity index (χ2v) is 6.90. The molecule has 1 heterocycles. The molecular formula is C15H32N4. The Balaban J connectivity index is 2.34. The quantitative estimate of drug-likeness (QED) is 0.608. The van der Waals surface area contributed by atoms with Gasteiger partial charge in [-0.1, -0.05) is 6.92 Å². The van der Waals surface area contributed by atoms with Crippen LogP contribution in [0.3, 0.4) is 0 Å². The van der Waals surface area contributed by atoms with E-state index in [-0.39, 0.29) is 5.54 Å². The van der Waals surface area contributed by atoms with Crippen molar-refractivity contribution in [2.75, 3.05) is 26.7 Å². The molecule has 1 atom stereocenters. The zero-order chi connectivity index (χ0) is 14.5. The van der Waals surface area contributed by atoms with Crippen LogP contribution in [0, 0.1) is 5.92 Å². The van der Waals surface area contributed by atoms with Gasteiger partial charge in [-0.3, -0.25) is 9.89 Å². The van der Waals surface area contributed by atoms with Crippen molar-refractivity contribution in [3.63, 3.8) is 0 Å². The Morgan fingerprint density at radius 3 is 2.37 bits per heavy atom. The first-order valence-corrected chi connectivity index (χ1v) is 7.54. The van der Waals surface area contributed by atoms with Crippen molar-refractivity contribution in [3.05, 3.63) is 0 Å². The van der Waals surface area contributed by atoms with Crippen molar-refractivity contribution in [2.45, 2.75) is 59.0 Å². The number of hydrogen-bond donors (Lipinski definition) is 2. The molecule has 1 fully saturated rings. The highest BCUT2D eigenvalue weighted by Crippen LogP contribution is 2.17. The third-order valence-electron chi connectivity index (χ3n) is 3.72. The molecule has 0 saturated carbocycles. The van der Waals surface area contributed by atoms with Crippen molar-refractivity contribution in [1.29, 1.82) is 0 Å². The van der Waals surface area contributed by atoms with E-state index in [1.807, 2.05) is 7.05 Å². The molecule has 0 aliphatic carbocycles. The minimum absolute atomic E-state index is 0.0473. The normalized spacial score (nSPS) is 21.3. The Bertz CT molecular complexity index is 285. The van der Waals surface area contributed by atoms with Gasteiger partial charge in [-0.25, -0.2) is 0 Å². The average Bonchev–Trinajstić information content (AvgIpc) is 2.33. The first-order chi connectivity index (χ1) is 8.81. The van der Waals surface area contributed by atoms with E-state index in [4.69, 9.17) is 0 Å². The van der Waals surface area contributed by atoms with Crippen LogP contribution in [-0.2, 0) is 0 Å². The van der Waals surface area contributed by atoms with Gasteiger partial charge in [0.2, 0.25) is 0 Å². The van der Waals surface area contributed by atoms with Gasteiger partial charge in [-0.2, -0.15) is 0 Å². The number of piperidine rings is 1. The topological polar surface area (TPSA) is 39.7 Å². The molecule has 2 N–H and O–H groups in total. The van der Waals surface area contributed by atoms with Gasteiger partial charge in [-0.05, 0) is 59.5 Å². The predicted octanol–water partition coefficient (Wildman–Crippen LogP) is 2.07. The molecule has 1 unspecified atom stereocenters. The van der Waals surface area contributed by atoms with Gasteiger partial charge in [0.25, 0.3) is 0 Å². The number of guanidine groups is 1. The van der Waals surface area contributed by atoms with Crippen molar-refractivity contribution in [2.24, 2.45) is 10.9 Å². The lowest BCUT2D eigenvalue weighted by atomic mass is 9.98. The van der Waals surface area contributed by atoms with E-state index in [2.05, 4.69) is 55.1 Å². The molecule has 0 aromatic heterocycles. The molecule has 1 saturated heterocycles. The first-order valence-electron chi connectivity index (χ1n) is 7.54. The van der Waals surface area contributed by atoms with Gasteiger partial charge < -0.3 is 10.6 Å². The summed E-state index contributed by atoms with van der Waals surface area (Å²) in [5, 5.41) is 6.82. The van der Waals surface area contributed by atoms with E-state index < -0.39 is 0 Å². The van der Waals surface area contributed by atoms with Crippen LogP contribution in [0.25, 0.3) is 0 Å². The summed E-state index contributed by atoms with van der Waals surface area (Å²) in [7, 11) is 1.83. The minimum Gasteiger partial charge on any atom is -0.355 e. The van der Waals surface area contributed by atoms with Crippen LogP contribution in [0.1, 0.15) is 47.5 Å². The van der Waals surface area contributed by atoms with Gasteiger partial charge in [0.1, 0.15) is 0 Å². The first kappa shape index (κ1) is 16.3. The molecule has 19 heavy (non-hydrogen) atoms. The highest BCUT2D eigenvalue weighted by molar-refractivity contribution is 5.80. The molecule has 1 aliphatic heterocycles. The maximum Gasteiger partial charge on any atom is 0.191 e. The smallest absolute Gasteiger partial charge is 0.191 e. The number of likely N-dealkylation sites (tertiary alicyclic amines) is 1. The fourth-order valence-electron chi connectivity index (χ4n) is 2.38. The Kier molecular flexibility index (Phi) is 6.11. The van der Waals surface area contributed by atoms with Gasteiger partial charge in [0.05, 0.1) is 0 Å². The molecular weight excluding hydrogens is 236 g/mol. The summed E-state index contributed by atoms with van der Waals surface area (Å²) >= 11 is 0. The van der Waals surface area contributed by atoms with E-state index in [9.17, 15) is 0 Å². The van der Waals surface area contributed by atoms with E-state index in [1.54, 1.807) is 0 Å². The maximum atomic E-state index is 4.28. The third-order valence-corrected chi connectivity index (χ3v) is 3.72. The lowest BCUT2D eigenvalue weighted by Crippen LogP contribution is -2.51. The molecule has 1 aliphatic rings. The molecule has 4 heteroatoms. The number of rotatable bonds is 3. The van der Waals surface area contributed by atoms with E-state index in [0.717, 1.165) is 18.4 Å². The van der Waals surface area contributed by atoms with Crippen molar-refractivity contribution in [3.8, 4) is 0 Å². The largest absolute Gasteiger partial charge is 0.355 e. The van der Waals surface area contributed by atoms with Crippen LogP contribution < -0.4 is 10.6 Å². The van der Waals surface area contributed by atoms with Crippen LogP contribution in [0.15, 0.2) is 4.99 Å². The SMILES string of the molecule is CN=C(NCC(C)N1CCC(C)CC1)NC(C)(C)C. The Labute approximate surface area is 119 Å². The number of hydrogen-bond acceptors (Lipinski definition) is 2. The number of nitrogens with one attached hydrogen (secondary N) is 2. The van der Waals surface area contributed by atoms with Crippen LogP contribution in [0.5, 0.6) is 0 Å². The number of nitrogens with zero attached hydrogens (tertiary/aromatic N) is 2. The van der Waals surface area contributed by atoms with Gasteiger partial charge in [0, 0.05) is 25.2 Å². The van der Waals surface area contributed by atoms with E-state index in [0.29, 0.717) is 6.04 Å². The third kappa shape index (κ3) is 6.28. The summed E-state index contributed by atoms with van der Waals surface area (Å²) in [6.07, 6.45) is 2.67. The molecule has 112 valence electrons. The lowest BCUT2D eigenvalue weighted by molar-refractivity contribution is 0.147. The molecule has 0 bridgehead atoms. The Hall–Kier alpha value is -0.770. The van der Waals surface area contributed by atoms with Crippen LogP contribution in [0.4, 0.5) is 0 Å². The fraction of sp³-hybridized carbons (Fsp3) is 0.933. The van der Waals surface area contributed by atoms with Crippen molar-refractivity contribution >= 4 is 5.96 Å². The summed E-state index contributed by atoms with van der Waals surface area (Å²) in [5.74, 6) is 1.79. The van der Waals surface area contributed by atoms with E-state index in [1.165, 1.54) is 25.9 Å². The Morgan fingerprint density at radius 1 is 1.32 bits per heavy atom. The summed E-state index contributed by atoms with van der Waals surface area (Å²) in [6.45, 7) is 14.5. The number of aliphatic imine (C=N–C) groups is 1. The van der Waals surface area contributed by atoms with Crippen molar-refractivity contribution < 1.29 is 0 Å². The molecule has 4 nitrogen and oxygen atoms in total. The van der Waals surface area contributed by atoms with Crippen LogP contribution in [0.2, 0.25) is 0 Å². The van der Waals surface area contributed by atoms with Crippen LogP contribution >= 0.6 is 0 Å². The Morgan fingerprint density at radius 2 is 1.89 bits per heavy atom. The summed E-state index contributed by atoms with van der Waals surface area (Å²) in [6, 6.07) is 0.561. The zero-order valence-corrected chi connectivity index (χ0v) is 13.6.